The summed E-state index contributed by atoms with van der Waals surface area (Å²) in [7, 11) is 0. The molecule has 0 unspecified atom stereocenters. The molecule has 1 atom stereocenters. The minimum absolute atomic E-state index is 0.0381. The first-order valence-electron chi connectivity index (χ1n) is 6.25. The second-order valence-corrected chi connectivity index (χ2v) is 4.52. The molecule has 1 aliphatic heterocycles. The quantitative estimate of drug-likeness (QED) is 0.877. The Bertz CT molecular complexity index is 568. The number of hydrogen-bond donors (Lipinski definition) is 1. The standard InChI is InChI=1S/C15H15NO2/c17-15(14-9-4-10-18-14)16-13-8-3-6-11-5-1-2-7-12(11)13/h1-3,5-8,14H,4,9-10H2,(H,16,17)/t14-/m0/s1. The van der Waals surface area contributed by atoms with Crippen molar-refractivity contribution in [2.45, 2.75) is 18.9 Å². The normalized spacial score (nSPS) is 19.0. The average Bonchev–Trinajstić information content (AvgIpc) is 2.93. The van der Waals surface area contributed by atoms with Gasteiger partial charge in [0, 0.05) is 17.7 Å². The lowest BCUT2D eigenvalue weighted by molar-refractivity contribution is -0.124. The van der Waals surface area contributed by atoms with Gasteiger partial charge >= 0.3 is 0 Å². The van der Waals surface area contributed by atoms with Gasteiger partial charge < -0.3 is 10.1 Å². The molecule has 3 rings (SSSR count). The highest BCUT2D eigenvalue weighted by Gasteiger charge is 2.23. The fourth-order valence-electron chi connectivity index (χ4n) is 2.33. The molecule has 1 fully saturated rings. The van der Waals surface area contributed by atoms with Gasteiger partial charge in [0.2, 0.25) is 0 Å². The lowest BCUT2D eigenvalue weighted by Crippen LogP contribution is -2.26. The maximum Gasteiger partial charge on any atom is 0.253 e. The van der Waals surface area contributed by atoms with Gasteiger partial charge in [-0.2, -0.15) is 0 Å². The van der Waals surface area contributed by atoms with Gasteiger partial charge in [0.25, 0.3) is 5.91 Å². The van der Waals surface area contributed by atoms with Crippen molar-refractivity contribution in [3.63, 3.8) is 0 Å². The van der Waals surface area contributed by atoms with Crippen LogP contribution in [0.5, 0.6) is 0 Å². The fraction of sp³-hybridized carbons (Fsp3) is 0.267. The zero-order valence-corrected chi connectivity index (χ0v) is 10.1. The number of ether oxygens (including phenoxy) is 1. The van der Waals surface area contributed by atoms with Crippen LogP contribution in [0.1, 0.15) is 12.8 Å². The highest BCUT2D eigenvalue weighted by atomic mass is 16.5. The molecule has 0 aromatic heterocycles. The van der Waals surface area contributed by atoms with E-state index in [4.69, 9.17) is 4.74 Å². The second kappa shape index (κ2) is 4.78. The lowest BCUT2D eigenvalue weighted by atomic mass is 10.1. The van der Waals surface area contributed by atoms with Crippen LogP contribution in [-0.2, 0) is 9.53 Å². The third-order valence-electron chi connectivity index (χ3n) is 3.27. The number of rotatable bonds is 2. The topological polar surface area (TPSA) is 38.3 Å². The first kappa shape index (κ1) is 11.2. The predicted molar refractivity (Wildman–Crippen MR) is 71.6 cm³/mol. The maximum absolute atomic E-state index is 12.0. The fourth-order valence-corrected chi connectivity index (χ4v) is 2.33. The molecule has 3 nitrogen and oxygen atoms in total. The van der Waals surface area contributed by atoms with Crippen LogP contribution in [0, 0.1) is 0 Å². The van der Waals surface area contributed by atoms with Gasteiger partial charge in [-0.15, -0.1) is 0 Å². The first-order valence-corrected chi connectivity index (χ1v) is 6.25. The van der Waals surface area contributed by atoms with Gasteiger partial charge in [0.15, 0.2) is 0 Å². The number of amides is 1. The molecular formula is C15H15NO2. The molecule has 0 saturated carbocycles. The largest absolute Gasteiger partial charge is 0.368 e. The molecular weight excluding hydrogens is 226 g/mol. The minimum atomic E-state index is -0.288. The monoisotopic (exact) mass is 241 g/mol. The first-order chi connectivity index (χ1) is 8.84. The second-order valence-electron chi connectivity index (χ2n) is 4.52. The Kier molecular flexibility index (Phi) is 2.99. The van der Waals surface area contributed by atoms with Crippen molar-refractivity contribution in [3.05, 3.63) is 42.5 Å². The van der Waals surface area contributed by atoms with Crippen molar-refractivity contribution in [1.82, 2.24) is 0 Å². The van der Waals surface area contributed by atoms with Crippen LogP contribution in [0.3, 0.4) is 0 Å². The average molecular weight is 241 g/mol. The summed E-state index contributed by atoms with van der Waals surface area (Å²) in [5, 5.41) is 5.15. The van der Waals surface area contributed by atoms with Crippen molar-refractivity contribution in [1.29, 1.82) is 0 Å². The predicted octanol–water partition coefficient (Wildman–Crippen LogP) is 2.96. The highest BCUT2D eigenvalue weighted by Crippen LogP contribution is 2.24. The summed E-state index contributed by atoms with van der Waals surface area (Å²) >= 11 is 0. The summed E-state index contributed by atoms with van der Waals surface area (Å²) < 4.78 is 5.39. The van der Waals surface area contributed by atoms with Gasteiger partial charge in [-0.25, -0.2) is 0 Å². The van der Waals surface area contributed by atoms with E-state index in [1.807, 2.05) is 42.5 Å². The van der Waals surface area contributed by atoms with Crippen molar-refractivity contribution in [2.75, 3.05) is 11.9 Å². The third-order valence-corrected chi connectivity index (χ3v) is 3.27. The Morgan fingerprint density at radius 2 is 2.00 bits per heavy atom. The van der Waals surface area contributed by atoms with Crippen molar-refractivity contribution in [2.24, 2.45) is 0 Å². The zero-order chi connectivity index (χ0) is 12.4. The van der Waals surface area contributed by atoms with Crippen LogP contribution in [-0.4, -0.2) is 18.6 Å². The van der Waals surface area contributed by atoms with Gasteiger partial charge in [-0.3, -0.25) is 4.79 Å². The van der Waals surface area contributed by atoms with E-state index in [0.29, 0.717) is 6.61 Å². The lowest BCUT2D eigenvalue weighted by Gasteiger charge is -2.12. The molecule has 18 heavy (non-hydrogen) atoms. The highest BCUT2D eigenvalue weighted by molar-refractivity contribution is 6.03. The van der Waals surface area contributed by atoms with Crippen molar-refractivity contribution in [3.8, 4) is 0 Å². The Hall–Kier alpha value is -1.87. The van der Waals surface area contributed by atoms with E-state index in [9.17, 15) is 4.79 Å². The molecule has 2 aromatic carbocycles. The molecule has 1 N–H and O–H groups in total. The van der Waals surface area contributed by atoms with Gasteiger partial charge in [-0.05, 0) is 24.3 Å². The van der Waals surface area contributed by atoms with Crippen molar-refractivity contribution >= 4 is 22.4 Å². The summed E-state index contributed by atoms with van der Waals surface area (Å²) in [5.74, 6) is -0.0381. The minimum Gasteiger partial charge on any atom is -0.368 e. The number of carbonyl (C=O) groups is 1. The van der Waals surface area contributed by atoms with Crippen molar-refractivity contribution < 1.29 is 9.53 Å². The molecule has 0 bridgehead atoms. The molecule has 1 amide bonds. The van der Waals surface area contributed by atoms with E-state index in [1.165, 1.54) is 0 Å². The summed E-state index contributed by atoms with van der Waals surface area (Å²) in [4.78, 5) is 12.0. The van der Waals surface area contributed by atoms with Crippen LogP contribution in [0.15, 0.2) is 42.5 Å². The van der Waals surface area contributed by atoms with Gasteiger partial charge in [0.1, 0.15) is 6.10 Å². The Morgan fingerprint density at radius 3 is 2.83 bits per heavy atom. The molecule has 1 aliphatic rings. The number of benzene rings is 2. The smallest absolute Gasteiger partial charge is 0.253 e. The van der Waals surface area contributed by atoms with Crippen LogP contribution >= 0.6 is 0 Å². The van der Waals surface area contributed by atoms with E-state index in [-0.39, 0.29) is 12.0 Å². The Balaban J connectivity index is 1.88. The van der Waals surface area contributed by atoms with Crippen LogP contribution < -0.4 is 5.32 Å². The van der Waals surface area contributed by atoms with Crippen LogP contribution in [0.2, 0.25) is 0 Å². The Labute approximate surface area is 106 Å². The summed E-state index contributed by atoms with van der Waals surface area (Å²) in [6.45, 7) is 0.688. The number of anilines is 1. The summed E-state index contributed by atoms with van der Waals surface area (Å²) in [6, 6.07) is 13.9. The Morgan fingerprint density at radius 1 is 1.17 bits per heavy atom. The molecule has 1 saturated heterocycles. The SMILES string of the molecule is O=C(Nc1cccc2ccccc12)[C@@H]1CCCO1. The molecule has 0 radical (unpaired) electrons. The molecule has 0 aliphatic carbocycles. The van der Waals surface area contributed by atoms with Crippen LogP contribution in [0.25, 0.3) is 10.8 Å². The number of fused-ring (bicyclic) bond motifs is 1. The van der Waals surface area contributed by atoms with E-state index in [1.54, 1.807) is 0 Å². The number of hydrogen-bond acceptors (Lipinski definition) is 2. The number of nitrogens with one attached hydrogen (secondary N) is 1. The summed E-state index contributed by atoms with van der Waals surface area (Å²) in [6.07, 6.45) is 1.49. The van der Waals surface area contributed by atoms with E-state index >= 15 is 0 Å². The number of carbonyl (C=O) groups excluding carboxylic acids is 1. The molecule has 92 valence electrons. The molecule has 0 spiro atoms. The van der Waals surface area contributed by atoms with E-state index < -0.39 is 0 Å². The van der Waals surface area contributed by atoms with Gasteiger partial charge in [0.05, 0.1) is 0 Å². The van der Waals surface area contributed by atoms with Gasteiger partial charge in [-0.1, -0.05) is 36.4 Å². The maximum atomic E-state index is 12.0. The molecule has 3 heteroatoms. The molecule has 2 aromatic rings. The summed E-state index contributed by atoms with van der Waals surface area (Å²) in [5.41, 5.74) is 0.855. The molecule has 1 heterocycles. The van der Waals surface area contributed by atoms with E-state index in [0.717, 1.165) is 29.3 Å². The van der Waals surface area contributed by atoms with Crippen LogP contribution in [0.4, 0.5) is 5.69 Å². The zero-order valence-electron chi connectivity index (χ0n) is 10.1. The third kappa shape index (κ3) is 2.09. The van der Waals surface area contributed by atoms with E-state index in [2.05, 4.69) is 5.32 Å².